The van der Waals surface area contributed by atoms with Crippen molar-refractivity contribution in [2.45, 2.75) is 55.9 Å². The van der Waals surface area contributed by atoms with E-state index in [1.54, 1.807) is 29.2 Å². The number of carbonyl (C=O) groups excluding carboxylic acids is 1. The number of nitrogens with two attached hydrogens (primary N) is 1. The minimum atomic E-state index is -3.65. The number of amides is 1. The monoisotopic (exact) mass is 365 g/mol. The topological polar surface area (TPSA) is 92.5 Å². The smallest absolute Gasteiger partial charge is 0.241 e. The number of hydrogen-bond acceptors (Lipinski definition) is 4. The number of nitrogens with zero attached hydrogens (tertiary/aromatic N) is 1. The Balaban J connectivity index is 1.81. The van der Waals surface area contributed by atoms with Gasteiger partial charge in [-0.1, -0.05) is 19.8 Å². The van der Waals surface area contributed by atoms with Crippen LogP contribution in [0.25, 0.3) is 0 Å². The van der Waals surface area contributed by atoms with Gasteiger partial charge < -0.3 is 10.6 Å². The number of anilines is 1. The van der Waals surface area contributed by atoms with Gasteiger partial charge in [0.2, 0.25) is 15.9 Å². The third-order valence-electron chi connectivity index (χ3n) is 5.69. The summed E-state index contributed by atoms with van der Waals surface area (Å²) >= 11 is 0. The van der Waals surface area contributed by atoms with E-state index in [9.17, 15) is 13.2 Å². The minimum absolute atomic E-state index is 0.0897. The molecule has 1 aromatic carbocycles. The molecule has 138 valence electrons. The molecule has 2 unspecified atom stereocenters. The predicted molar refractivity (Wildman–Crippen MR) is 97.8 cm³/mol. The second-order valence-corrected chi connectivity index (χ2v) is 8.94. The summed E-state index contributed by atoms with van der Waals surface area (Å²) in [5.74, 6) is 0.300. The summed E-state index contributed by atoms with van der Waals surface area (Å²) in [5, 5.41) is 0. The highest BCUT2D eigenvalue weighted by atomic mass is 32.2. The summed E-state index contributed by atoms with van der Waals surface area (Å²) in [6.07, 6.45) is 5.25. The maximum absolute atomic E-state index is 12.9. The average molecular weight is 365 g/mol. The highest BCUT2D eigenvalue weighted by Gasteiger charge is 2.40. The molecule has 1 saturated heterocycles. The Hall–Kier alpha value is -1.44. The van der Waals surface area contributed by atoms with E-state index in [4.69, 9.17) is 5.73 Å². The zero-order chi connectivity index (χ0) is 18.1. The Bertz CT molecular complexity index is 732. The molecule has 3 rings (SSSR count). The van der Waals surface area contributed by atoms with Crippen molar-refractivity contribution in [2.75, 3.05) is 18.0 Å². The normalized spacial score (nSPS) is 27.7. The number of hydrogen-bond donors (Lipinski definition) is 2. The predicted octanol–water partition coefficient (Wildman–Crippen LogP) is 2.00. The molecule has 1 aromatic rings. The summed E-state index contributed by atoms with van der Waals surface area (Å²) in [6, 6.07) is 6.55. The molecular formula is C18H27N3O3S. The molecule has 2 fully saturated rings. The van der Waals surface area contributed by atoms with Crippen molar-refractivity contribution in [3.05, 3.63) is 24.3 Å². The maximum atomic E-state index is 12.9. The van der Waals surface area contributed by atoms with E-state index in [-0.39, 0.29) is 16.7 Å². The Morgan fingerprint density at radius 2 is 1.96 bits per heavy atom. The second-order valence-electron chi connectivity index (χ2n) is 7.26. The second kappa shape index (κ2) is 7.05. The lowest BCUT2D eigenvalue weighted by Crippen LogP contribution is -2.58. The number of nitrogens with one attached hydrogen (secondary N) is 1. The van der Waals surface area contributed by atoms with Crippen molar-refractivity contribution >= 4 is 21.6 Å². The Morgan fingerprint density at radius 3 is 2.52 bits per heavy atom. The van der Waals surface area contributed by atoms with Gasteiger partial charge in [-0.15, -0.1) is 0 Å². The molecule has 1 aliphatic carbocycles. The van der Waals surface area contributed by atoms with Crippen LogP contribution in [0.1, 0.15) is 45.4 Å². The number of rotatable bonds is 5. The quantitative estimate of drug-likeness (QED) is 0.835. The lowest BCUT2D eigenvalue weighted by Gasteiger charge is -2.42. The number of carbonyl (C=O) groups is 1. The minimum Gasteiger partial charge on any atom is -0.329 e. The van der Waals surface area contributed by atoms with Gasteiger partial charge in [0, 0.05) is 30.7 Å². The zero-order valence-corrected chi connectivity index (χ0v) is 15.5. The zero-order valence-electron chi connectivity index (χ0n) is 14.7. The third kappa shape index (κ3) is 3.59. The van der Waals surface area contributed by atoms with E-state index in [2.05, 4.69) is 11.6 Å². The lowest BCUT2D eigenvalue weighted by atomic mass is 9.74. The molecule has 0 bridgehead atoms. The van der Waals surface area contributed by atoms with E-state index in [0.29, 0.717) is 19.5 Å². The van der Waals surface area contributed by atoms with E-state index in [0.717, 1.165) is 37.8 Å². The van der Waals surface area contributed by atoms with Crippen LogP contribution >= 0.6 is 0 Å². The summed E-state index contributed by atoms with van der Waals surface area (Å²) in [7, 11) is -3.65. The first kappa shape index (κ1) is 18.4. The van der Waals surface area contributed by atoms with Crippen LogP contribution in [-0.4, -0.2) is 33.0 Å². The molecule has 0 radical (unpaired) electrons. The third-order valence-corrected chi connectivity index (χ3v) is 7.26. The molecule has 7 heteroatoms. The van der Waals surface area contributed by atoms with Crippen molar-refractivity contribution in [1.82, 2.24) is 4.72 Å². The summed E-state index contributed by atoms with van der Waals surface area (Å²) < 4.78 is 28.6. The van der Waals surface area contributed by atoms with Crippen LogP contribution in [0.15, 0.2) is 29.2 Å². The van der Waals surface area contributed by atoms with Crippen molar-refractivity contribution in [1.29, 1.82) is 0 Å². The van der Waals surface area contributed by atoms with Gasteiger partial charge in [0.05, 0.1) is 4.90 Å². The average Bonchev–Trinajstić information content (AvgIpc) is 3.03. The molecule has 1 saturated carbocycles. The highest BCUT2D eigenvalue weighted by molar-refractivity contribution is 7.89. The van der Waals surface area contributed by atoms with Crippen LogP contribution < -0.4 is 15.4 Å². The van der Waals surface area contributed by atoms with Crippen LogP contribution in [-0.2, 0) is 14.8 Å². The molecule has 0 spiro atoms. The molecule has 25 heavy (non-hydrogen) atoms. The SMILES string of the molecule is CC1CCCCC1(CN)NS(=O)(=O)c1ccc(N2CCCC2=O)cc1. The van der Waals surface area contributed by atoms with Crippen LogP contribution in [0.5, 0.6) is 0 Å². The Labute approximate surface area is 149 Å². The number of benzene rings is 1. The Morgan fingerprint density at radius 1 is 1.24 bits per heavy atom. The summed E-state index contributed by atoms with van der Waals surface area (Å²) in [6.45, 7) is 3.06. The van der Waals surface area contributed by atoms with Gasteiger partial charge in [-0.2, -0.15) is 0 Å². The molecule has 2 aliphatic rings. The lowest BCUT2D eigenvalue weighted by molar-refractivity contribution is -0.117. The van der Waals surface area contributed by atoms with Gasteiger partial charge in [-0.05, 0) is 49.4 Å². The fourth-order valence-corrected chi connectivity index (χ4v) is 5.50. The van der Waals surface area contributed by atoms with Gasteiger partial charge in [-0.3, -0.25) is 4.79 Å². The van der Waals surface area contributed by atoms with Crippen LogP contribution in [0.2, 0.25) is 0 Å². The van der Waals surface area contributed by atoms with Gasteiger partial charge in [0.1, 0.15) is 0 Å². The molecule has 2 atom stereocenters. The molecule has 1 heterocycles. The largest absolute Gasteiger partial charge is 0.329 e. The van der Waals surface area contributed by atoms with Gasteiger partial charge in [0.25, 0.3) is 0 Å². The molecule has 1 amide bonds. The summed E-state index contributed by atoms with van der Waals surface area (Å²) in [4.78, 5) is 13.7. The highest BCUT2D eigenvalue weighted by Crippen LogP contribution is 2.34. The first-order valence-corrected chi connectivity index (χ1v) is 10.5. The molecule has 0 aromatic heterocycles. The number of sulfonamides is 1. The molecular weight excluding hydrogens is 338 g/mol. The maximum Gasteiger partial charge on any atom is 0.241 e. The fraction of sp³-hybridized carbons (Fsp3) is 0.611. The Kier molecular flexibility index (Phi) is 5.18. The van der Waals surface area contributed by atoms with Crippen molar-refractivity contribution in [3.63, 3.8) is 0 Å². The van der Waals surface area contributed by atoms with Crippen LogP contribution in [0.4, 0.5) is 5.69 Å². The van der Waals surface area contributed by atoms with Crippen LogP contribution in [0, 0.1) is 5.92 Å². The van der Waals surface area contributed by atoms with Gasteiger partial charge in [-0.25, -0.2) is 13.1 Å². The van der Waals surface area contributed by atoms with Crippen molar-refractivity contribution in [2.24, 2.45) is 11.7 Å². The van der Waals surface area contributed by atoms with Crippen molar-refractivity contribution < 1.29 is 13.2 Å². The molecule has 3 N–H and O–H groups in total. The van der Waals surface area contributed by atoms with E-state index in [1.807, 2.05) is 0 Å². The first-order valence-electron chi connectivity index (χ1n) is 9.02. The van der Waals surface area contributed by atoms with Gasteiger partial charge in [0.15, 0.2) is 0 Å². The van der Waals surface area contributed by atoms with E-state index < -0.39 is 15.6 Å². The standard InChI is InChI=1S/C18H27N3O3S/c1-14-5-2-3-11-18(14,13-19)20-25(23,24)16-9-7-15(8-10-16)21-12-4-6-17(21)22/h7-10,14,20H,2-6,11-13,19H2,1H3. The van der Waals surface area contributed by atoms with Gasteiger partial charge >= 0.3 is 0 Å². The first-order chi connectivity index (χ1) is 11.9. The molecule has 1 aliphatic heterocycles. The van der Waals surface area contributed by atoms with E-state index >= 15 is 0 Å². The van der Waals surface area contributed by atoms with Crippen LogP contribution in [0.3, 0.4) is 0 Å². The summed E-state index contributed by atoms with van der Waals surface area (Å²) in [5.41, 5.74) is 6.15. The van der Waals surface area contributed by atoms with E-state index in [1.165, 1.54) is 0 Å². The fourth-order valence-electron chi connectivity index (χ4n) is 3.96. The molecule has 6 nitrogen and oxygen atoms in total. The van der Waals surface area contributed by atoms with Crippen molar-refractivity contribution in [3.8, 4) is 0 Å².